The van der Waals surface area contributed by atoms with Crippen molar-refractivity contribution in [2.75, 3.05) is 19.7 Å². The first-order valence-electron chi connectivity index (χ1n) is 7.94. The molecule has 0 spiro atoms. The van der Waals surface area contributed by atoms with E-state index >= 15 is 0 Å². The molecule has 0 aliphatic heterocycles. The molecule has 112 valence electrons. The van der Waals surface area contributed by atoms with Crippen molar-refractivity contribution >= 4 is 0 Å². The molecule has 3 N–H and O–H groups in total. The molecule has 0 bridgehead atoms. The molecule has 0 amide bonds. The van der Waals surface area contributed by atoms with Crippen molar-refractivity contribution in [2.24, 2.45) is 11.7 Å². The number of hydrogen-bond donors (Lipinski definition) is 2. The zero-order valence-corrected chi connectivity index (χ0v) is 12.4. The normalized spacial score (nSPS) is 23.8. The van der Waals surface area contributed by atoms with Crippen molar-refractivity contribution in [1.29, 1.82) is 0 Å². The van der Waals surface area contributed by atoms with Gasteiger partial charge in [0.25, 0.3) is 0 Å². The predicted molar refractivity (Wildman–Crippen MR) is 83.4 cm³/mol. The minimum absolute atomic E-state index is 0.223. The highest BCUT2D eigenvalue weighted by atomic mass is 16.3. The molecule has 1 aromatic carbocycles. The van der Waals surface area contributed by atoms with Crippen molar-refractivity contribution in [3.8, 4) is 0 Å². The Bertz CT molecular complexity index is 369. The molecule has 1 fully saturated rings. The highest BCUT2D eigenvalue weighted by Crippen LogP contribution is 2.27. The number of rotatable bonds is 6. The molecule has 0 heterocycles. The molecule has 3 heteroatoms. The van der Waals surface area contributed by atoms with Crippen molar-refractivity contribution in [3.63, 3.8) is 0 Å². The highest BCUT2D eigenvalue weighted by molar-refractivity contribution is 5.14. The van der Waals surface area contributed by atoms with Crippen LogP contribution in [-0.2, 0) is 6.54 Å². The van der Waals surface area contributed by atoms with Gasteiger partial charge in [-0.2, -0.15) is 0 Å². The molecule has 20 heavy (non-hydrogen) atoms. The van der Waals surface area contributed by atoms with Crippen LogP contribution >= 0.6 is 0 Å². The average molecular weight is 276 g/mol. The lowest BCUT2D eigenvalue weighted by Gasteiger charge is -2.35. The van der Waals surface area contributed by atoms with E-state index in [2.05, 4.69) is 29.2 Å². The predicted octanol–water partition coefficient (Wildman–Crippen LogP) is 2.39. The first kappa shape index (κ1) is 15.5. The van der Waals surface area contributed by atoms with E-state index in [1.54, 1.807) is 0 Å². The summed E-state index contributed by atoms with van der Waals surface area (Å²) < 4.78 is 0. The molecule has 2 unspecified atom stereocenters. The lowest BCUT2D eigenvalue weighted by Crippen LogP contribution is -2.43. The van der Waals surface area contributed by atoms with Gasteiger partial charge in [0, 0.05) is 19.1 Å². The lowest BCUT2D eigenvalue weighted by atomic mass is 9.93. The quantitative estimate of drug-likeness (QED) is 0.784. The van der Waals surface area contributed by atoms with Gasteiger partial charge in [-0.3, -0.25) is 4.90 Å². The smallest absolute Gasteiger partial charge is 0.0558 e. The summed E-state index contributed by atoms with van der Waals surface area (Å²) in [5.41, 5.74) is 7.32. The Balaban J connectivity index is 2.08. The maximum Gasteiger partial charge on any atom is 0.0558 e. The Morgan fingerprint density at radius 1 is 1.10 bits per heavy atom. The van der Waals surface area contributed by atoms with Gasteiger partial charge in [0.2, 0.25) is 0 Å². The van der Waals surface area contributed by atoms with Crippen LogP contribution < -0.4 is 5.73 Å². The number of nitrogens with zero attached hydrogens (tertiary/aromatic N) is 1. The van der Waals surface area contributed by atoms with E-state index < -0.39 is 0 Å². The van der Waals surface area contributed by atoms with Gasteiger partial charge in [0.15, 0.2) is 0 Å². The first-order chi connectivity index (χ1) is 9.85. The number of nitrogens with two attached hydrogens (primary N) is 1. The van der Waals surface area contributed by atoms with Gasteiger partial charge >= 0.3 is 0 Å². The van der Waals surface area contributed by atoms with Crippen LogP contribution in [0.2, 0.25) is 0 Å². The third-order valence-electron chi connectivity index (χ3n) is 4.51. The second-order valence-electron chi connectivity index (χ2n) is 5.88. The molecular formula is C17H28N2O. The molecule has 1 aliphatic carbocycles. The standard InChI is InChI=1S/C17H28N2O/c18-13-16-9-5-2-6-10-17(16)19(11-12-20)14-15-7-3-1-4-8-15/h1,3-4,7-8,16-17,20H,2,5-6,9-14,18H2. The molecule has 1 aliphatic rings. The van der Waals surface area contributed by atoms with Gasteiger partial charge in [0.1, 0.15) is 0 Å². The van der Waals surface area contributed by atoms with E-state index in [4.69, 9.17) is 5.73 Å². The van der Waals surface area contributed by atoms with E-state index in [1.165, 1.54) is 37.7 Å². The van der Waals surface area contributed by atoms with Crippen LogP contribution in [-0.4, -0.2) is 35.7 Å². The van der Waals surface area contributed by atoms with Crippen LogP contribution in [0, 0.1) is 5.92 Å². The number of aliphatic hydroxyl groups is 1. The van der Waals surface area contributed by atoms with Crippen molar-refractivity contribution in [2.45, 2.75) is 44.7 Å². The summed E-state index contributed by atoms with van der Waals surface area (Å²) >= 11 is 0. The summed E-state index contributed by atoms with van der Waals surface area (Å²) in [6.45, 7) is 2.65. The van der Waals surface area contributed by atoms with Crippen LogP contribution in [0.15, 0.2) is 30.3 Å². The van der Waals surface area contributed by atoms with Gasteiger partial charge in [0.05, 0.1) is 6.61 Å². The summed E-state index contributed by atoms with van der Waals surface area (Å²) in [4.78, 5) is 2.44. The van der Waals surface area contributed by atoms with Gasteiger partial charge in [-0.15, -0.1) is 0 Å². The Kier molecular flexibility index (Phi) is 6.51. The van der Waals surface area contributed by atoms with Crippen molar-refractivity contribution < 1.29 is 5.11 Å². The average Bonchev–Trinajstić information content (AvgIpc) is 2.73. The molecule has 3 nitrogen and oxygen atoms in total. The first-order valence-corrected chi connectivity index (χ1v) is 7.94. The maximum absolute atomic E-state index is 9.40. The maximum atomic E-state index is 9.40. The zero-order valence-electron chi connectivity index (χ0n) is 12.4. The van der Waals surface area contributed by atoms with Gasteiger partial charge in [-0.05, 0) is 30.9 Å². The van der Waals surface area contributed by atoms with Crippen molar-refractivity contribution in [1.82, 2.24) is 4.90 Å². The highest BCUT2D eigenvalue weighted by Gasteiger charge is 2.27. The summed E-state index contributed by atoms with van der Waals surface area (Å²) in [5, 5.41) is 9.40. The van der Waals surface area contributed by atoms with E-state index in [0.717, 1.165) is 19.6 Å². The second-order valence-corrected chi connectivity index (χ2v) is 5.88. The summed E-state index contributed by atoms with van der Waals surface area (Å²) in [7, 11) is 0. The fourth-order valence-electron chi connectivity index (χ4n) is 3.43. The Hall–Kier alpha value is -0.900. The molecule has 1 saturated carbocycles. The SMILES string of the molecule is NCC1CCCCCC1N(CCO)Cc1ccccc1. The summed E-state index contributed by atoms with van der Waals surface area (Å²) in [6.07, 6.45) is 6.37. The largest absolute Gasteiger partial charge is 0.395 e. The molecule has 2 rings (SSSR count). The lowest BCUT2D eigenvalue weighted by molar-refractivity contribution is 0.101. The number of aliphatic hydroxyl groups excluding tert-OH is 1. The van der Waals surface area contributed by atoms with E-state index in [1.807, 2.05) is 6.07 Å². The monoisotopic (exact) mass is 276 g/mol. The Labute approximate surface area is 122 Å². The summed E-state index contributed by atoms with van der Waals surface area (Å²) in [5.74, 6) is 0.577. The third kappa shape index (κ3) is 4.30. The molecular weight excluding hydrogens is 248 g/mol. The van der Waals surface area contributed by atoms with E-state index in [9.17, 15) is 5.11 Å². The van der Waals surface area contributed by atoms with Crippen LogP contribution in [0.5, 0.6) is 0 Å². The molecule has 0 saturated heterocycles. The molecule has 1 aromatic rings. The van der Waals surface area contributed by atoms with E-state index in [0.29, 0.717) is 12.0 Å². The second kappa shape index (κ2) is 8.40. The third-order valence-corrected chi connectivity index (χ3v) is 4.51. The van der Waals surface area contributed by atoms with Crippen LogP contribution in [0.3, 0.4) is 0 Å². The fraction of sp³-hybridized carbons (Fsp3) is 0.647. The van der Waals surface area contributed by atoms with Gasteiger partial charge in [-0.1, -0.05) is 49.6 Å². The summed E-state index contributed by atoms with van der Waals surface area (Å²) in [6, 6.07) is 11.1. The molecule has 0 aromatic heterocycles. The van der Waals surface area contributed by atoms with Crippen LogP contribution in [0.4, 0.5) is 0 Å². The topological polar surface area (TPSA) is 49.5 Å². The molecule has 0 radical (unpaired) electrons. The van der Waals surface area contributed by atoms with E-state index in [-0.39, 0.29) is 6.61 Å². The molecule has 2 atom stereocenters. The van der Waals surface area contributed by atoms with Crippen LogP contribution in [0.1, 0.15) is 37.7 Å². The minimum atomic E-state index is 0.223. The van der Waals surface area contributed by atoms with Gasteiger partial charge < -0.3 is 10.8 Å². The van der Waals surface area contributed by atoms with Crippen molar-refractivity contribution in [3.05, 3.63) is 35.9 Å². The number of hydrogen-bond acceptors (Lipinski definition) is 3. The number of benzene rings is 1. The minimum Gasteiger partial charge on any atom is -0.395 e. The van der Waals surface area contributed by atoms with Crippen LogP contribution in [0.25, 0.3) is 0 Å². The van der Waals surface area contributed by atoms with Gasteiger partial charge in [-0.25, -0.2) is 0 Å². The zero-order chi connectivity index (χ0) is 14.2. The Morgan fingerprint density at radius 2 is 1.85 bits per heavy atom. The fourth-order valence-corrected chi connectivity index (χ4v) is 3.43. The Morgan fingerprint density at radius 3 is 2.55 bits per heavy atom.